The van der Waals surface area contributed by atoms with E-state index in [0.29, 0.717) is 59.5 Å². The Morgan fingerprint density at radius 1 is 1.10 bits per heavy atom. The van der Waals surface area contributed by atoms with Gasteiger partial charge in [-0.05, 0) is 36.8 Å². The van der Waals surface area contributed by atoms with Crippen LogP contribution in [0.15, 0.2) is 63.9 Å². The number of thiophene rings is 1. The van der Waals surface area contributed by atoms with Crippen LogP contribution in [-0.4, -0.2) is 79.7 Å². The SMILES string of the molecule is Cc1ccc2c(=O)n(-c3ccc(CC(=O)CS(=O)(=O)c4ccc(F)s4)cn3)cc(C(=O)NCCN3CCOCC3)c2c1. The topological polar surface area (TPSA) is 128 Å². The molecule has 1 saturated heterocycles. The number of halogens is 1. The number of hydrogen-bond acceptors (Lipinski definition) is 9. The fourth-order valence-corrected chi connectivity index (χ4v) is 7.07. The van der Waals surface area contributed by atoms with Crippen LogP contribution in [0.3, 0.4) is 0 Å². The van der Waals surface area contributed by atoms with Crippen molar-refractivity contribution in [1.82, 2.24) is 19.8 Å². The third-order valence-corrected chi connectivity index (χ3v) is 10.0. The van der Waals surface area contributed by atoms with Crippen LogP contribution in [0, 0.1) is 12.1 Å². The summed E-state index contributed by atoms with van der Waals surface area (Å²) in [5, 5.41) is 3.20. The Balaban J connectivity index is 1.35. The summed E-state index contributed by atoms with van der Waals surface area (Å²) in [6, 6.07) is 10.6. The number of benzene rings is 1. The van der Waals surface area contributed by atoms with E-state index >= 15 is 0 Å². The minimum absolute atomic E-state index is 0.200. The molecule has 0 radical (unpaired) electrons. The molecule has 1 aliphatic heterocycles. The lowest BCUT2D eigenvalue weighted by molar-refractivity contribution is -0.116. The van der Waals surface area contributed by atoms with Crippen LogP contribution in [0.4, 0.5) is 4.39 Å². The Hall–Kier alpha value is -3.78. The molecule has 0 saturated carbocycles. The predicted octanol–water partition coefficient (Wildman–Crippen LogP) is 2.54. The maximum absolute atomic E-state index is 13.4. The number of pyridine rings is 2. The summed E-state index contributed by atoms with van der Waals surface area (Å²) in [7, 11) is -3.95. The molecule has 4 aromatic rings. The Labute approximate surface area is 245 Å². The number of rotatable bonds is 10. The van der Waals surface area contributed by atoms with Crippen molar-refractivity contribution in [3.05, 3.63) is 87.0 Å². The number of amides is 1. The first-order chi connectivity index (χ1) is 20.1. The zero-order valence-electron chi connectivity index (χ0n) is 22.8. The maximum atomic E-state index is 13.4. The number of nitrogens with zero attached hydrogens (tertiary/aromatic N) is 3. The Morgan fingerprint density at radius 3 is 2.57 bits per heavy atom. The van der Waals surface area contributed by atoms with E-state index in [-0.39, 0.29) is 27.9 Å². The second kappa shape index (κ2) is 12.6. The first-order valence-electron chi connectivity index (χ1n) is 13.3. The molecule has 0 atom stereocenters. The Kier molecular flexibility index (Phi) is 8.92. The lowest BCUT2D eigenvalue weighted by Crippen LogP contribution is -2.41. The smallest absolute Gasteiger partial charge is 0.264 e. The highest BCUT2D eigenvalue weighted by Gasteiger charge is 2.22. The van der Waals surface area contributed by atoms with Crippen molar-refractivity contribution in [2.45, 2.75) is 17.6 Å². The molecule has 220 valence electrons. The molecule has 1 fully saturated rings. The quantitative estimate of drug-likeness (QED) is 0.290. The van der Waals surface area contributed by atoms with E-state index in [1.165, 1.54) is 23.0 Å². The summed E-state index contributed by atoms with van der Waals surface area (Å²) in [4.78, 5) is 45.8. The van der Waals surface area contributed by atoms with Gasteiger partial charge in [-0.2, -0.15) is 4.39 Å². The largest absolute Gasteiger partial charge is 0.379 e. The van der Waals surface area contributed by atoms with Crippen LogP contribution < -0.4 is 10.9 Å². The Bertz CT molecular complexity index is 1800. The molecule has 0 spiro atoms. The number of aromatic nitrogens is 2. The molecule has 1 amide bonds. The van der Waals surface area contributed by atoms with E-state index in [4.69, 9.17) is 4.74 Å². The molecular formula is C29H29FN4O6S2. The van der Waals surface area contributed by atoms with E-state index in [2.05, 4.69) is 15.2 Å². The van der Waals surface area contributed by atoms with Gasteiger partial charge in [-0.1, -0.05) is 35.1 Å². The number of Topliss-reactive ketones (excluding diaryl/α,β-unsaturated/α-hetero) is 1. The van der Waals surface area contributed by atoms with Crippen LogP contribution in [0.5, 0.6) is 0 Å². The van der Waals surface area contributed by atoms with Gasteiger partial charge >= 0.3 is 0 Å². The second-order valence-electron chi connectivity index (χ2n) is 10.0. The highest BCUT2D eigenvalue weighted by molar-refractivity contribution is 7.94. The van der Waals surface area contributed by atoms with E-state index in [9.17, 15) is 27.2 Å². The van der Waals surface area contributed by atoms with Crippen LogP contribution >= 0.6 is 11.3 Å². The molecule has 13 heteroatoms. The van der Waals surface area contributed by atoms with Crippen molar-refractivity contribution >= 4 is 43.6 Å². The number of morpholine rings is 1. The van der Waals surface area contributed by atoms with Gasteiger partial charge in [0.25, 0.3) is 11.5 Å². The monoisotopic (exact) mass is 612 g/mol. The molecule has 1 aromatic carbocycles. The van der Waals surface area contributed by atoms with E-state index < -0.39 is 26.5 Å². The molecule has 0 aliphatic carbocycles. The van der Waals surface area contributed by atoms with Crippen LogP contribution in [-0.2, 0) is 25.8 Å². The average Bonchev–Trinajstić information content (AvgIpc) is 3.41. The van der Waals surface area contributed by atoms with E-state index in [1.54, 1.807) is 24.3 Å². The van der Waals surface area contributed by atoms with Crippen molar-refractivity contribution in [2.24, 2.45) is 0 Å². The maximum Gasteiger partial charge on any atom is 0.264 e. The molecule has 5 rings (SSSR count). The number of hydrogen-bond donors (Lipinski definition) is 1. The predicted molar refractivity (Wildman–Crippen MR) is 157 cm³/mol. The van der Waals surface area contributed by atoms with Crippen LogP contribution in [0.2, 0.25) is 0 Å². The fraction of sp³-hybridized carbons (Fsp3) is 0.310. The van der Waals surface area contributed by atoms with Gasteiger partial charge in [-0.25, -0.2) is 13.4 Å². The van der Waals surface area contributed by atoms with Crippen LogP contribution in [0.1, 0.15) is 21.5 Å². The number of nitrogens with one attached hydrogen (secondary N) is 1. The first kappa shape index (κ1) is 29.7. The lowest BCUT2D eigenvalue weighted by atomic mass is 10.0. The van der Waals surface area contributed by atoms with Gasteiger partial charge < -0.3 is 10.1 Å². The molecule has 4 heterocycles. The number of ether oxygens (including phenoxy) is 1. The summed E-state index contributed by atoms with van der Waals surface area (Å²) >= 11 is 0.472. The van der Waals surface area contributed by atoms with E-state index in [1.807, 2.05) is 6.92 Å². The van der Waals surface area contributed by atoms with Crippen molar-refractivity contribution in [3.8, 4) is 5.82 Å². The first-order valence-corrected chi connectivity index (χ1v) is 15.8. The average molecular weight is 613 g/mol. The number of aryl methyl sites for hydroxylation is 1. The second-order valence-corrected chi connectivity index (χ2v) is 13.3. The van der Waals surface area contributed by atoms with Crippen molar-refractivity contribution < 1.29 is 27.1 Å². The van der Waals surface area contributed by atoms with Crippen LogP contribution in [0.25, 0.3) is 16.6 Å². The van der Waals surface area contributed by atoms with Gasteiger partial charge in [-0.3, -0.25) is 23.9 Å². The summed E-state index contributed by atoms with van der Waals surface area (Å²) in [5.74, 6) is -1.42. The minimum atomic E-state index is -3.95. The standard InChI is InChI=1S/C29H29FN4O6S2/c1-19-2-4-22-23(14-19)24(28(36)31-8-9-33-10-12-40-13-11-33)17-34(29(22)37)26-6-3-20(16-32-26)15-21(35)18-42(38,39)27-7-5-25(30)41-27/h2-7,14,16-17H,8-13,15,18H2,1H3,(H,31,36). The number of fused-ring (bicyclic) bond motifs is 1. The molecule has 10 nitrogen and oxygen atoms in total. The van der Waals surface area contributed by atoms with Gasteiger partial charge in [0, 0.05) is 55.8 Å². The summed E-state index contributed by atoms with van der Waals surface area (Å²) < 4.78 is 44.5. The number of ketones is 1. The van der Waals surface area contributed by atoms with E-state index in [0.717, 1.165) is 30.8 Å². The molecular weight excluding hydrogens is 583 g/mol. The van der Waals surface area contributed by atoms with Crippen molar-refractivity contribution in [1.29, 1.82) is 0 Å². The zero-order chi connectivity index (χ0) is 29.9. The van der Waals surface area contributed by atoms with Gasteiger partial charge in [0.1, 0.15) is 15.8 Å². The van der Waals surface area contributed by atoms with Crippen molar-refractivity contribution in [2.75, 3.05) is 45.1 Å². The summed E-state index contributed by atoms with van der Waals surface area (Å²) in [5.41, 5.74) is 1.31. The lowest BCUT2D eigenvalue weighted by Gasteiger charge is -2.26. The van der Waals surface area contributed by atoms with Gasteiger partial charge in [-0.15, -0.1) is 0 Å². The molecule has 0 unspecified atom stereocenters. The number of carbonyl (C=O) groups is 2. The fourth-order valence-electron chi connectivity index (χ4n) is 4.74. The third-order valence-electron chi connectivity index (χ3n) is 6.90. The summed E-state index contributed by atoms with van der Waals surface area (Å²) in [6.07, 6.45) is 2.65. The van der Waals surface area contributed by atoms with Gasteiger partial charge in [0.2, 0.25) is 0 Å². The molecule has 3 aromatic heterocycles. The third kappa shape index (κ3) is 6.81. The molecule has 42 heavy (non-hydrogen) atoms. The highest BCUT2D eigenvalue weighted by Crippen LogP contribution is 2.22. The molecule has 0 bridgehead atoms. The van der Waals surface area contributed by atoms with Crippen molar-refractivity contribution in [3.63, 3.8) is 0 Å². The minimum Gasteiger partial charge on any atom is -0.379 e. The zero-order valence-corrected chi connectivity index (χ0v) is 24.5. The van der Waals surface area contributed by atoms with Gasteiger partial charge in [0.05, 0.1) is 18.8 Å². The highest BCUT2D eigenvalue weighted by atomic mass is 32.2. The Morgan fingerprint density at radius 2 is 1.88 bits per heavy atom. The number of sulfone groups is 1. The van der Waals surface area contributed by atoms with Gasteiger partial charge in [0.15, 0.2) is 20.8 Å². The normalized spacial score (nSPS) is 14.2. The molecule has 1 N–H and O–H groups in total. The molecule has 1 aliphatic rings. The number of carbonyl (C=O) groups excluding carboxylic acids is 2. The summed E-state index contributed by atoms with van der Waals surface area (Å²) in [6.45, 7) is 5.94.